The first-order valence-electron chi connectivity index (χ1n) is 10.4. The lowest BCUT2D eigenvalue weighted by Gasteiger charge is -2.31. The van der Waals surface area contributed by atoms with Crippen LogP contribution in [0, 0.1) is 0 Å². The van der Waals surface area contributed by atoms with Crippen LogP contribution < -0.4 is 4.90 Å². The Morgan fingerprint density at radius 3 is 2.76 bits per heavy atom. The van der Waals surface area contributed by atoms with Crippen LogP contribution >= 0.6 is 11.6 Å². The number of benzene rings is 2. The Morgan fingerprint density at radius 1 is 1.12 bits per heavy atom. The number of amides is 1. The Bertz CT molecular complexity index is 1440. The third-order valence-corrected chi connectivity index (χ3v) is 7.22. The van der Waals surface area contributed by atoms with Crippen molar-refractivity contribution in [1.29, 1.82) is 0 Å². The molecule has 3 heterocycles. The van der Waals surface area contributed by atoms with E-state index in [4.69, 9.17) is 11.6 Å². The number of carbonyl (C=O) groups excluding carboxylic acids is 1. The van der Waals surface area contributed by atoms with E-state index in [0.29, 0.717) is 16.6 Å². The van der Waals surface area contributed by atoms with Crippen LogP contribution in [0.1, 0.15) is 27.9 Å². The lowest BCUT2D eigenvalue weighted by atomic mass is 10.0. The zero-order valence-corrected chi connectivity index (χ0v) is 19.2. The van der Waals surface area contributed by atoms with Gasteiger partial charge in [-0.15, -0.1) is 0 Å². The molecule has 0 saturated heterocycles. The summed E-state index contributed by atoms with van der Waals surface area (Å²) in [5.41, 5.74) is 1.97. The van der Waals surface area contributed by atoms with Crippen molar-refractivity contribution in [2.24, 2.45) is 0 Å². The highest BCUT2D eigenvalue weighted by molar-refractivity contribution is 7.85. The van der Waals surface area contributed by atoms with Crippen LogP contribution in [-0.2, 0) is 23.3 Å². The van der Waals surface area contributed by atoms with Gasteiger partial charge < -0.3 is 4.90 Å². The molecule has 6 nitrogen and oxygen atoms in total. The second kappa shape index (κ2) is 8.81. The van der Waals surface area contributed by atoms with E-state index in [1.54, 1.807) is 36.4 Å². The number of pyridine rings is 1. The lowest BCUT2D eigenvalue weighted by molar-refractivity contribution is -0.0120. The Balaban J connectivity index is 1.65. The average Bonchev–Trinajstić information content (AvgIpc) is 2.84. The molecule has 0 spiro atoms. The first-order valence-corrected chi connectivity index (χ1v) is 12.1. The fourth-order valence-electron chi connectivity index (χ4n) is 3.95. The summed E-state index contributed by atoms with van der Waals surface area (Å²) < 4.78 is 42.3. The van der Waals surface area contributed by atoms with Gasteiger partial charge in [-0.25, -0.2) is 13.8 Å². The van der Waals surface area contributed by atoms with Crippen LogP contribution in [0.2, 0.25) is 5.15 Å². The summed E-state index contributed by atoms with van der Waals surface area (Å²) in [6, 6.07) is 12.7. The maximum atomic E-state index is 14.7. The molecule has 1 aliphatic rings. The van der Waals surface area contributed by atoms with E-state index >= 15 is 0 Å². The van der Waals surface area contributed by atoms with Crippen LogP contribution in [0.25, 0.3) is 11.0 Å². The summed E-state index contributed by atoms with van der Waals surface area (Å²) in [7, 11) is -1.68. The van der Waals surface area contributed by atoms with Crippen molar-refractivity contribution in [2.45, 2.75) is 23.8 Å². The molecule has 0 aliphatic carbocycles. The standard InChI is InChI=1S/C24H17ClF2N4O2S/c25-21-13-29-18-7-6-15(11-19(18)30-21)14-31(23(32)16-3-2-9-28-12-16)20-5-1-4-17-22(20)34(33)10-8-24(17,26)27/h1-7,9,11-13H,8,10,14H2. The minimum atomic E-state index is -3.13. The quantitative estimate of drug-likeness (QED) is 0.390. The van der Waals surface area contributed by atoms with Gasteiger partial charge in [-0.1, -0.05) is 29.8 Å². The van der Waals surface area contributed by atoms with Crippen molar-refractivity contribution in [3.63, 3.8) is 0 Å². The minimum Gasteiger partial charge on any atom is -0.303 e. The lowest BCUT2D eigenvalue weighted by Crippen LogP contribution is -2.34. The maximum Gasteiger partial charge on any atom is 0.275 e. The molecular formula is C24H17ClF2N4O2S. The van der Waals surface area contributed by atoms with Gasteiger partial charge in [0, 0.05) is 30.1 Å². The number of halogens is 3. The molecule has 34 heavy (non-hydrogen) atoms. The zero-order valence-electron chi connectivity index (χ0n) is 17.6. The first kappa shape index (κ1) is 22.5. The van der Waals surface area contributed by atoms with E-state index in [1.165, 1.54) is 35.6 Å². The highest BCUT2D eigenvalue weighted by Gasteiger charge is 2.41. The average molecular weight is 499 g/mol. The summed E-state index contributed by atoms with van der Waals surface area (Å²) in [5.74, 6) is -3.77. The van der Waals surface area contributed by atoms with Crippen molar-refractivity contribution in [1.82, 2.24) is 15.0 Å². The van der Waals surface area contributed by atoms with Gasteiger partial charge in [0.1, 0.15) is 5.15 Å². The zero-order chi connectivity index (χ0) is 23.9. The fraction of sp³-hybridized carbons (Fsp3) is 0.167. The topological polar surface area (TPSA) is 76.1 Å². The number of hydrogen-bond donors (Lipinski definition) is 0. The molecule has 0 N–H and O–H groups in total. The molecule has 5 rings (SSSR count). The summed E-state index contributed by atoms with van der Waals surface area (Å²) in [5, 5.41) is 0.225. The molecule has 172 valence electrons. The largest absolute Gasteiger partial charge is 0.303 e. The second-order valence-electron chi connectivity index (χ2n) is 7.81. The Morgan fingerprint density at radius 2 is 1.97 bits per heavy atom. The van der Waals surface area contributed by atoms with Gasteiger partial charge in [0.05, 0.1) is 50.7 Å². The molecule has 2 aromatic heterocycles. The molecule has 0 bridgehead atoms. The number of aromatic nitrogens is 3. The van der Waals surface area contributed by atoms with Gasteiger partial charge in [0.2, 0.25) is 0 Å². The highest BCUT2D eigenvalue weighted by atomic mass is 35.5. The van der Waals surface area contributed by atoms with Crippen LogP contribution in [0.3, 0.4) is 0 Å². The van der Waals surface area contributed by atoms with E-state index < -0.39 is 29.1 Å². The number of alkyl halides is 2. The number of anilines is 1. The van der Waals surface area contributed by atoms with Gasteiger partial charge in [-0.2, -0.15) is 0 Å². The van der Waals surface area contributed by atoms with E-state index in [2.05, 4.69) is 15.0 Å². The fourth-order valence-corrected chi connectivity index (χ4v) is 5.61. The summed E-state index contributed by atoms with van der Waals surface area (Å²) in [6.07, 6.45) is 3.87. The Kier molecular flexibility index (Phi) is 5.83. The van der Waals surface area contributed by atoms with Gasteiger partial charge in [0.15, 0.2) is 0 Å². The monoisotopic (exact) mass is 498 g/mol. The van der Waals surface area contributed by atoms with E-state index in [1.807, 2.05) is 0 Å². The smallest absolute Gasteiger partial charge is 0.275 e. The van der Waals surface area contributed by atoms with Crippen molar-refractivity contribution in [3.8, 4) is 0 Å². The molecule has 1 amide bonds. The number of carbonyl (C=O) groups is 1. The molecule has 1 aliphatic heterocycles. The summed E-state index contributed by atoms with van der Waals surface area (Å²) >= 11 is 5.98. The number of rotatable bonds is 4. The third-order valence-electron chi connectivity index (χ3n) is 5.58. The van der Waals surface area contributed by atoms with Crippen LogP contribution in [0.4, 0.5) is 14.5 Å². The van der Waals surface area contributed by atoms with Crippen LogP contribution in [0.15, 0.2) is 72.0 Å². The van der Waals surface area contributed by atoms with E-state index in [9.17, 15) is 17.8 Å². The molecule has 2 aromatic carbocycles. The summed E-state index contributed by atoms with van der Waals surface area (Å²) in [6.45, 7) is 0.0249. The third kappa shape index (κ3) is 4.17. The van der Waals surface area contributed by atoms with Crippen molar-refractivity contribution in [2.75, 3.05) is 10.7 Å². The molecule has 0 fully saturated rings. The number of nitrogens with zero attached hydrogens (tertiary/aromatic N) is 4. The van der Waals surface area contributed by atoms with E-state index in [0.717, 1.165) is 0 Å². The first-order chi connectivity index (χ1) is 16.3. The highest BCUT2D eigenvalue weighted by Crippen LogP contribution is 2.44. The molecule has 1 unspecified atom stereocenters. The van der Waals surface area contributed by atoms with Gasteiger partial charge in [-0.05, 0) is 35.9 Å². The summed E-state index contributed by atoms with van der Waals surface area (Å²) in [4.78, 5) is 27.4. The Labute approximate surface area is 201 Å². The predicted octanol–water partition coefficient (Wildman–Crippen LogP) is 5.13. The predicted molar refractivity (Wildman–Crippen MR) is 126 cm³/mol. The maximum absolute atomic E-state index is 14.7. The molecule has 1 atom stereocenters. The van der Waals surface area contributed by atoms with Gasteiger partial charge >= 0.3 is 0 Å². The molecule has 0 radical (unpaired) electrons. The van der Waals surface area contributed by atoms with Crippen molar-refractivity contribution in [3.05, 3.63) is 89.0 Å². The second-order valence-corrected chi connectivity index (χ2v) is 9.70. The van der Waals surface area contributed by atoms with Gasteiger partial charge in [-0.3, -0.25) is 19.0 Å². The molecule has 4 aromatic rings. The molecule has 0 saturated carbocycles. The van der Waals surface area contributed by atoms with Gasteiger partial charge in [0.25, 0.3) is 11.8 Å². The number of fused-ring (bicyclic) bond motifs is 2. The number of hydrogen-bond acceptors (Lipinski definition) is 5. The Hall–Kier alpha value is -3.30. The normalized spacial score (nSPS) is 16.7. The molecular weight excluding hydrogens is 482 g/mol. The SMILES string of the molecule is O=C(c1cccnc1)N(Cc1ccc2ncc(Cl)nc2c1)c1cccc2c1S(=O)CCC2(F)F. The van der Waals surface area contributed by atoms with E-state index in [-0.39, 0.29) is 39.2 Å². The van der Waals surface area contributed by atoms with Crippen LogP contribution in [0.5, 0.6) is 0 Å². The van der Waals surface area contributed by atoms with Crippen molar-refractivity contribution >= 4 is 45.0 Å². The minimum absolute atomic E-state index is 0.0142. The molecule has 10 heteroatoms. The van der Waals surface area contributed by atoms with Crippen molar-refractivity contribution < 1.29 is 17.8 Å². The van der Waals surface area contributed by atoms with Crippen LogP contribution in [-0.4, -0.2) is 30.8 Å².